The molecular weight excluding hydrogens is 414 g/mol. The van der Waals surface area contributed by atoms with Crippen molar-refractivity contribution in [2.45, 2.75) is 50.9 Å². The number of hydrogen-bond donors (Lipinski definition) is 1. The van der Waals surface area contributed by atoms with E-state index in [2.05, 4.69) is 46.4 Å². The van der Waals surface area contributed by atoms with Gasteiger partial charge in [0.05, 0.1) is 5.56 Å². The Bertz CT molecular complexity index is 970. The van der Waals surface area contributed by atoms with Crippen LogP contribution in [0.4, 0.5) is 0 Å². The van der Waals surface area contributed by atoms with Crippen molar-refractivity contribution < 1.29 is 9.59 Å². The monoisotopic (exact) mass is 447 g/mol. The Morgan fingerprint density at radius 2 is 1.85 bits per heavy atom. The van der Waals surface area contributed by atoms with Crippen molar-refractivity contribution in [3.8, 4) is 0 Å². The molecule has 1 aromatic carbocycles. The van der Waals surface area contributed by atoms with Crippen molar-refractivity contribution >= 4 is 11.8 Å². The number of amides is 2. The minimum atomic E-state index is -0.417. The smallest absolute Gasteiger partial charge is 0.256 e. The van der Waals surface area contributed by atoms with E-state index in [0.717, 1.165) is 19.6 Å². The molecule has 0 radical (unpaired) electrons. The van der Waals surface area contributed by atoms with Crippen LogP contribution in [-0.2, 0) is 11.3 Å². The second-order valence-corrected chi connectivity index (χ2v) is 9.57. The Balaban J connectivity index is 1.39. The summed E-state index contributed by atoms with van der Waals surface area (Å²) in [7, 11) is 0. The van der Waals surface area contributed by atoms with Crippen LogP contribution in [0, 0.1) is 6.92 Å². The number of nitrogens with one attached hydrogen (secondary N) is 1. The van der Waals surface area contributed by atoms with Crippen LogP contribution in [0.5, 0.6) is 0 Å². The highest BCUT2D eigenvalue weighted by molar-refractivity contribution is 5.97. The van der Waals surface area contributed by atoms with Crippen molar-refractivity contribution in [2.75, 3.05) is 32.7 Å². The highest BCUT2D eigenvalue weighted by Crippen LogP contribution is 2.35. The molecule has 2 aromatic rings. The summed E-state index contributed by atoms with van der Waals surface area (Å²) in [6, 6.07) is 12.6. The van der Waals surface area contributed by atoms with Crippen LogP contribution in [0.2, 0.25) is 0 Å². The van der Waals surface area contributed by atoms with E-state index in [-0.39, 0.29) is 17.9 Å². The van der Waals surface area contributed by atoms with Gasteiger partial charge in [0, 0.05) is 63.7 Å². The van der Waals surface area contributed by atoms with Crippen LogP contribution in [0.1, 0.15) is 40.7 Å². The first-order valence-corrected chi connectivity index (χ1v) is 12.1. The molecule has 0 spiro atoms. The average Bonchev–Trinajstić information content (AvgIpc) is 3.61. The molecule has 2 aliphatic heterocycles. The van der Waals surface area contributed by atoms with E-state index >= 15 is 0 Å². The number of carbonyl (C=O) groups is 2. The lowest BCUT2D eigenvalue weighted by Gasteiger charge is -2.32. The zero-order valence-electron chi connectivity index (χ0n) is 19.3. The number of aromatic nitrogens is 1. The zero-order chi connectivity index (χ0) is 22.8. The summed E-state index contributed by atoms with van der Waals surface area (Å²) in [6.45, 7) is 6.56. The first-order valence-electron chi connectivity index (χ1n) is 12.1. The highest BCUT2D eigenvalue weighted by Gasteiger charge is 2.46. The maximum Gasteiger partial charge on any atom is 0.256 e. The molecule has 1 aromatic heterocycles. The normalized spacial score (nSPS) is 23.2. The van der Waals surface area contributed by atoms with Crippen LogP contribution in [0.25, 0.3) is 0 Å². The maximum absolute atomic E-state index is 13.6. The number of hydrogen-bond acceptors (Lipinski definition) is 5. The molecule has 2 atom stereocenters. The van der Waals surface area contributed by atoms with Crippen molar-refractivity contribution in [1.82, 2.24) is 25.0 Å². The molecule has 7 nitrogen and oxygen atoms in total. The summed E-state index contributed by atoms with van der Waals surface area (Å²) >= 11 is 0. The zero-order valence-corrected chi connectivity index (χ0v) is 19.3. The van der Waals surface area contributed by atoms with Crippen LogP contribution in [-0.4, -0.2) is 82.3 Å². The van der Waals surface area contributed by atoms with Gasteiger partial charge >= 0.3 is 0 Å². The van der Waals surface area contributed by atoms with Crippen molar-refractivity contribution in [2.24, 2.45) is 0 Å². The molecule has 1 saturated carbocycles. The van der Waals surface area contributed by atoms with Crippen LogP contribution >= 0.6 is 0 Å². The first-order chi connectivity index (χ1) is 16.1. The van der Waals surface area contributed by atoms with E-state index in [9.17, 15) is 9.59 Å². The second kappa shape index (κ2) is 9.61. The molecule has 3 fully saturated rings. The predicted octanol–water partition coefficient (Wildman–Crippen LogP) is 2.07. The number of pyridine rings is 1. The van der Waals surface area contributed by atoms with E-state index < -0.39 is 6.04 Å². The average molecular weight is 448 g/mol. The third-order valence-electron chi connectivity index (χ3n) is 7.13. The number of nitrogens with zero attached hydrogens (tertiary/aromatic N) is 4. The fraction of sp³-hybridized carbons (Fsp3) is 0.500. The van der Waals surface area contributed by atoms with Gasteiger partial charge in [0.1, 0.15) is 6.04 Å². The van der Waals surface area contributed by atoms with Gasteiger partial charge in [0.2, 0.25) is 5.91 Å². The first kappa shape index (κ1) is 22.0. The Morgan fingerprint density at radius 3 is 2.52 bits per heavy atom. The fourth-order valence-corrected chi connectivity index (χ4v) is 5.13. The SMILES string of the molecule is Cc1ccc(CN(C2CC2)C2CC(C(=O)N3CCNCC3)N(C(=O)c3cccnc3)C2)cc1. The molecule has 174 valence electrons. The number of carbonyl (C=O) groups excluding carboxylic acids is 2. The van der Waals surface area contributed by atoms with Crippen LogP contribution in [0.3, 0.4) is 0 Å². The number of piperazine rings is 1. The topological polar surface area (TPSA) is 68.8 Å². The van der Waals surface area contributed by atoms with E-state index in [0.29, 0.717) is 37.7 Å². The Morgan fingerprint density at radius 1 is 1.09 bits per heavy atom. The Labute approximate surface area is 195 Å². The van der Waals surface area contributed by atoms with Gasteiger partial charge in [-0.3, -0.25) is 19.5 Å². The molecular formula is C26H33N5O2. The number of aryl methyl sites for hydroxylation is 1. The molecule has 2 amide bonds. The Hall–Kier alpha value is -2.77. The number of rotatable bonds is 6. The minimum absolute atomic E-state index is 0.0855. The molecule has 5 rings (SSSR count). The highest BCUT2D eigenvalue weighted by atomic mass is 16.2. The van der Waals surface area contributed by atoms with Crippen LogP contribution in [0.15, 0.2) is 48.8 Å². The summed E-state index contributed by atoms with van der Waals surface area (Å²) in [5, 5.41) is 3.31. The van der Waals surface area contributed by atoms with Gasteiger partial charge in [-0.2, -0.15) is 0 Å². The molecule has 2 unspecified atom stereocenters. The fourth-order valence-electron chi connectivity index (χ4n) is 5.13. The minimum Gasteiger partial charge on any atom is -0.338 e. The van der Waals surface area contributed by atoms with Crippen molar-refractivity contribution in [3.05, 3.63) is 65.5 Å². The summed E-state index contributed by atoms with van der Waals surface area (Å²) < 4.78 is 0. The van der Waals surface area contributed by atoms with Gasteiger partial charge in [0.25, 0.3) is 5.91 Å². The van der Waals surface area contributed by atoms with E-state index in [4.69, 9.17) is 0 Å². The van der Waals surface area contributed by atoms with Gasteiger partial charge in [-0.25, -0.2) is 0 Å². The van der Waals surface area contributed by atoms with Gasteiger partial charge in [-0.05, 0) is 43.9 Å². The van der Waals surface area contributed by atoms with Gasteiger partial charge < -0.3 is 15.1 Å². The lowest BCUT2D eigenvalue weighted by Crippen LogP contribution is -2.53. The molecule has 33 heavy (non-hydrogen) atoms. The molecule has 1 aliphatic carbocycles. The third-order valence-corrected chi connectivity index (χ3v) is 7.13. The number of likely N-dealkylation sites (tertiary alicyclic amines) is 1. The van der Waals surface area contributed by atoms with Gasteiger partial charge in [-0.1, -0.05) is 29.8 Å². The molecule has 3 heterocycles. The molecule has 1 N–H and O–H groups in total. The third kappa shape index (κ3) is 4.94. The Kier molecular flexibility index (Phi) is 6.42. The lowest BCUT2D eigenvalue weighted by atomic mass is 10.1. The quantitative estimate of drug-likeness (QED) is 0.734. The molecule has 7 heteroatoms. The summed E-state index contributed by atoms with van der Waals surface area (Å²) in [5.41, 5.74) is 3.09. The van der Waals surface area contributed by atoms with E-state index in [1.54, 1.807) is 24.5 Å². The lowest BCUT2D eigenvalue weighted by molar-refractivity contribution is -0.135. The summed E-state index contributed by atoms with van der Waals surface area (Å²) in [4.78, 5) is 37.5. The number of benzene rings is 1. The molecule has 2 saturated heterocycles. The summed E-state index contributed by atoms with van der Waals surface area (Å²) in [5.74, 6) is -0.00695. The van der Waals surface area contributed by atoms with Crippen molar-refractivity contribution in [3.63, 3.8) is 0 Å². The van der Waals surface area contributed by atoms with E-state index in [1.807, 2.05) is 9.80 Å². The predicted molar refractivity (Wildman–Crippen MR) is 127 cm³/mol. The maximum atomic E-state index is 13.6. The van der Waals surface area contributed by atoms with Crippen LogP contribution < -0.4 is 5.32 Å². The largest absolute Gasteiger partial charge is 0.338 e. The molecule has 3 aliphatic rings. The van der Waals surface area contributed by atoms with Gasteiger partial charge in [-0.15, -0.1) is 0 Å². The van der Waals surface area contributed by atoms with Crippen molar-refractivity contribution in [1.29, 1.82) is 0 Å². The summed E-state index contributed by atoms with van der Waals surface area (Å²) in [6.07, 6.45) is 6.35. The standard InChI is InChI=1S/C26H33N5O2/c1-19-4-6-20(7-5-19)17-30(22-8-9-22)23-15-24(26(33)29-13-11-27-12-14-29)31(18-23)25(32)21-3-2-10-28-16-21/h2-7,10,16,22-24,27H,8-9,11-15,17-18H2,1H3. The molecule has 0 bridgehead atoms. The van der Waals surface area contributed by atoms with E-state index in [1.165, 1.54) is 24.0 Å². The van der Waals surface area contributed by atoms with Gasteiger partial charge in [0.15, 0.2) is 0 Å². The second-order valence-electron chi connectivity index (χ2n) is 9.57.